The molecule has 5 heterocycles. The van der Waals surface area contributed by atoms with Crippen molar-refractivity contribution in [3.05, 3.63) is 68.7 Å². The van der Waals surface area contributed by atoms with Gasteiger partial charge in [-0.05, 0) is 58.7 Å². The van der Waals surface area contributed by atoms with E-state index in [1.54, 1.807) is 11.3 Å². The lowest BCUT2D eigenvalue weighted by Crippen LogP contribution is -2.16. The molecule has 5 aromatic heterocycles. The third kappa shape index (κ3) is 4.02. The fraction of sp³-hybridized carbons (Fsp3) is 0.188. The predicted octanol–water partition coefficient (Wildman–Crippen LogP) is 10.6. The third-order valence-electron chi connectivity index (χ3n) is 7.87. The fourth-order valence-corrected chi connectivity index (χ4v) is 12.6. The van der Waals surface area contributed by atoms with Crippen molar-refractivity contribution >= 4 is 98.8 Å². The highest BCUT2D eigenvalue weighted by molar-refractivity contribution is 7.32. The van der Waals surface area contributed by atoms with E-state index in [0.29, 0.717) is 10.0 Å². The molecular formula is C32H18N6S5. The van der Waals surface area contributed by atoms with E-state index >= 15 is 0 Å². The van der Waals surface area contributed by atoms with Crippen molar-refractivity contribution in [1.82, 2.24) is 0 Å². The number of fused-ring (bicyclic) bond motifs is 6. The molecule has 2 aliphatic rings. The first-order valence-electron chi connectivity index (χ1n) is 13.0. The molecule has 0 bridgehead atoms. The van der Waals surface area contributed by atoms with Crippen molar-refractivity contribution in [3.8, 4) is 37.7 Å². The van der Waals surface area contributed by atoms with Crippen molar-refractivity contribution in [2.45, 2.75) is 38.5 Å². The van der Waals surface area contributed by atoms with E-state index in [0.717, 1.165) is 9.75 Å². The van der Waals surface area contributed by atoms with Crippen LogP contribution < -0.4 is 0 Å². The van der Waals surface area contributed by atoms with Gasteiger partial charge in [0.15, 0.2) is 0 Å². The van der Waals surface area contributed by atoms with Gasteiger partial charge in [-0.3, -0.25) is 0 Å². The van der Waals surface area contributed by atoms with Gasteiger partial charge in [-0.1, -0.05) is 50.6 Å². The molecule has 0 radical (unpaired) electrons. The maximum atomic E-state index is 9.10. The van der Waals surface area contributed by atoms with Crippen LogP contribution in [-0.2, 0) is 10.8 Å². The predicted molar refractivity (Wildman–Crippen MR) is 181 cm³/mol. The van der Waals surface area contributed by atoms with Gasteiger partial charge in [-0.2, -0.15) is 10.5 Å². The molecule has 0 spiro atoms. The molecule has 5 aromatic rings. The topological polar surface area (TPSA) is 100 Å². The van der Waals surface area contributed by atoms with Crippen LogP contribution >= 0.6 is 56.7 Å². The zero-order valence-electron chi connectivity index (χ0n) is 23.2. The largest absolute Gasteiger partial charge is 0.351 e. The van der Waals surface area contributed by atoms with E-state index in [1.807, 2.05) is 65.1 Å². The molecule has 11 heteroatoms. The van der Waals surface area contributed by atoms with Crippen LogP contribution in [0.3, 0.4) is 0 Å². The van der Waals surface area contributed by atoms with Gasteiger partial charge >= 0.3 is 5.84 Å². The van der Waals surface area contributed by atoms with Crippen molar-refractivity contribution in [2.24, 2.45) is 9.98 Å². The summed E-state index contributed by atoms with van der Waals surface area (Å²) in [4.78, 5) is 18.8. The molecule has 0 aliphatic heterocycles. The molecule has 0 N–H and O–H groups in total. The Balaban J connectivity index is 1.28. The maximum absolute atomic E-state index is 9.10. The molecule has 43 heavy (non-hydrogen) atoms. The van der Waals surface area contributed by atoms with Gasteiger partial charge in [0.1, 0.15) is 23.2 Å². The third-order valence-corrected chi connectivity index (χ3v) is 13.8. The Hall–Kier alpha value is -4.20. The number of hydrogen-bond acceptors (Lipinski definition) is 10. The first-order valence-corrected chi connectivity index (χ1v) is 17.1. The zero-order valence-corrected chi connectivity index (χ0v) is 27.3. The SMILES string of the molecule is [C-]#[N+]C(C#N)=Nc1ccc(-c2cc3c(s2)C2=C(c4sc5cc(-c6ccc(N=C(C#N)C#N)s6)sc5c4C2(C)C)C3(C)C)s1. The van der Waals surface area contributed by atoms with Crippen molar-refractivity contribution in [2.75, 3.05) is 0 Å². The number of nitriles is 3. The summed E-state index contributed by atoms with van der Waals surface area (Å²) in [6.45, 7) is 16.5. The molecule has 206 valence electrons. The number of aliphatic imine (C=N–C) groups is 2. The maximum Gasteiger partial charge on any atom is 0.350 e. The average Bonchev–Trinajstić information content (AvgIpc) is 3.80. The van der Waals surface area contributed by atoms with Gasteiger partial charge in [0, 0.05) is 44.8 Å². The minimum Gasteiger partial charge on any atom is -0.351 e. The summed E-state index contributed by atoms with van der Waals surface area (Å²) in [6.07, 6.45) is 0. The summed E-state index contributed by atoms with van der Waals surface area (Å²) >= 11 is 8.50. The van der Waals surface area contributed by atoms with Crippen LogP contribution in [0.15, 0.2) is 46.4 Å². The van der Waals surface area contributed by atoms with Crippen LogP contribution in [0.1, 0.15) is 48.6 Å². The molecule has 0 saturated heterocycles. The number of amidine groups is 1. The number of nitrogens with zero attached hydrogens (tertiary/aromatic N) is 6. The van der Waals surface area contributed by atoms with Crippen LogP contribution in [0.2, 0.25) is 0 Å². The lowest BCUT2D eigenvalue weighted by Gasteiger charge is -2.24. The monoisotopic (exact) mass is 646 g/mol. The van der Waals surface area contributed by atoms with Crippen LogP contribution in [0.25, 0.3) is 44.9 Å². The highest BCUT2D eigenvalue weighted by Gasteiger charge is 2.52. The number of hydrogen-bond donors (Lipinski definition) is 0. The zero-order chi connectivity index (χ0) is 30.3. The van der Waals surface area contributed by atoms with E-state index in [9.17, 15) is 0 Å². The summed E-state index contributed by atoms with van der Waals surface area (Å²) in [5.74, 6) is -0.153. The minimum absolute atomic E-state index is 0.138. The van der Waals surface area contributed by atoms with Gasteiger partial charge in [-0.25, -0.2) is 10.3 Å². The summed E-state index contributed by atoms with van der Waals surface area (Å²) < 4.78 is 2.61. The van der Waals surface area contributed by atoms with Gasteiger partial charge < -0.3 is 4.85 Å². The molecular weight excluding hydrogens is 629 g/mol. The second-order valence-electron chi connectivity index (χ2n) is 11.1. The molecule has 6 nitrogen and oxygen atoms in total. The first-order chi connectivity index (χ1) is 20.6. The molecule has 0 unspecified atom stereocenters. The molecule has 0 atom stereocenters. The standard InChI is InChI=1S/C32H18N6S5/c1-31(2)16-10-19(17-7-9-24(40-17)38-22(14-35)36-5)41-28(16)25-26(31)30-27(32(25,3)4)29-21(43-30)11-20(42-29)18-6-8-23(39-18)37-15(12-33)13-34/h6-11H,1-4H3. The second kappa shape index (κ2) is 9.66. The summed E-state index contributed by atoms with van der Waals surface area (Å²) in [5.41, 5.74) is 5.17. The molecule has 0 fully saturated rings. The second-order valence-corrected chi connectivity index (χ2v) is 16.4. The quantitative estimate of drug-likeness (QED) is 0.110. The van der Waals surface area contributed by atoms with Gasteiger partial charge in [0.05, 0.1) is 4.70 Å². The Labute approximate surface area is 267 Å². The van der Waals surface area contributed by atoms with Crippen LogP contribution in [0, 0.1) is 40.6 Å². The van der Waals surface area contributed by atoms with Gasteiger partial charge in [0.25, 0.3) is 0 Å². The molecule has 0 amide bonds. The Morgan fingerprint density at radius 1 is 0.721 bits per heavy atom. The van der Waals surface area contributed by atoms with E-state index in [4.69, 9.17) is 22.4 Å². The Kier molecular flexibility index (Phi) is 6.20. The fourth-order valence-electron chi connectivity index (χ4n) is 6.00. The highest BCUT2D eigenvalue weighted by Crippen LogP contribution is 2.68. The minimum atomic E-state index is -0.169. The summed E-state index contributed by atoms with van der Waals surface area (Å²) in [7, 11) is 0. The smallest absolute Gasteiger partial charge is 0.350 e. The van der Waals surface area contributed by atoms with Gasteiger partial charge in [-0.15, -0.1) is 45.3 Å². The van der Waals surface area contributed by atoms with E-state index in [2.05, 4.69) is 54.7 Å². The first kappa shape index (κ1) is 27.6. The number of allylic oxidation sites excluding steroid dienone is 2. The van der Waals surface area contributed by atoms with Crippen molar-refractivity contribution in [3.63, 3.8) is 0 Å². The average molecular weight is 647 g/mol. The summed E-state index contributed by atoms with van der Waals surface area (Å²) in [6, 6.07) is 17.9. The number of rotatable bonds is 4. The van der Waals surface area contributed by atoms with E-state index in [1.165, 1.54) is 73.9 Å². The van der Waals surface area contributed by atoms with Crippen LogP contribution in [0.4, 0.5) is 10.0 Å². The van der Waals surface area contributed by atoms with E-state index < -0.39 is 0 Å². The lowest BCUT2D eigenvalue weighted by atomic mass is 9.80. The Morgan fingerprint density at radius 2 is 1.35 bits per heavy atom. The molecule has 0 saturated carbocycles. The normalized spacial score (nSPS) is 15.8. The van der Waals surface area contributed by atoms with Crippen LogP contribution in [0.5, 0.6) is 0 Å². The molecule has 0 aromatic carbocycles. The Morgan fingerprint density at radius 3 is 1.98 bits per heavy atom. The van der Waals surface area contributed by atoms with E-state index in [-0.39, 0.29) is 22.4 Å². The summed E-state index contributed by atoms with van der Waals surface area (Å²) in [5, 5.41) is 28.5. The lowest BCUT2D eigenvalue weighted by molar-refractivity contribution is 0.706. The van der Waals surface area contributed by atoms with Crippen LogP contribution in [-0.4, -0.2) is 11.5 Å². The molecule has 7 rings (SSSR count). The van der Waals surface area contributed by atoms with Gasteiger partial charge in [0.2, 0.25) is 10.7 Å². The van der Waals surface area contributed by atoms with Crippen molar-refractivity contribution < 1.29 is 0 Å². The Bertz CT molecular complexity index is 2260. The number of thiophene rings is 5. The van der Waals surface area contributed by atoms with Crippen molar-refractivity contribution in [1.29, 1.82) is 15.8 Å². The molecule has 2 aliphatic carbocycles. The highest BCUT2D eigenvalue weighted by atomic mass is 32.1.